The van der Waals surface area contributed by atoms with Crippen LogP contribution in [0.5, 0.6) is 0 Å². The zero-order chi connectivity index (χ0) is 23.8. The number of nitrogens with one attached hydrogen (secondary N) is 1. The maximum Gasteiger partial charge on any atom is 0.316 e. The van der Waals surface area contributed by atoms with Crippen LogP contribution < -0.4 is 21.3 Å². The first-order valence-corrected chi connectivity index (χ1v) is 10.9. The number of carbonyl (C=O) groups excluding carboxylic acids is 1. The molecule has 0 unspecified atom stereocenters. The molecule has 0 radical (unpaired) electrons. The molecule has 0 aliphatic heterocycles. The van der Waals surface area contributed by atoms with Gasteiger partial charge in [0.05, 0.1) is 22.4 Å². The topological polar surface area (TPSA) is 76.3 Å². The first-order chi connectivity index (χ1) is 15.0. The average molecular weight is 437 g/mol. The molecule has 0 bridgehead atoms. The molecule has 0 aliphatic rings. The minimum Gasteiger partial charge on any atom is -0.370 e. The van der Waals surface area contributed by atoms with Gasteiger partial charge in [0.2, 0.25) is 0 Å². The molecule has 0 saturated carbocycles. The van der Waals surface area contributed by atoms with Gasteiger partial charge in [-0.15, -0.1) is 0 Å². The Kier molecular flexibility index (Phi) is 6.30. The zero-order valence-electron chi connectivity index (χ0n) is 19.9. The quantitative estimate of drug-likeness (QED) is 0.620. The molecule has 0 fully saturated rings. The summed E-state index contributed by atoms with van der Waals surface area (Å²) in [5.74, 6) is -0.229. The summed E-state index contributed by atoms with van der Waals surface area (Å²) in [6.07, 6.45) is 0. The fourth-order valence-electron chi connectivity index (χ4n) is 3.85. The maximum absolute atomic E-state index is 13.1. The van der Waals surface area contributed by atoms with Crippen molar-refractivity contribution < 1.29 is 4.79 Å². The molecule has 170 valence electrons. The standard InChI is InChI=1S/C25H32N4O3/c1-8-29(9-2)19-15-21-20(27(6)23(31)24(32)28(21)7)14-18(19)26-22(30)16-10-12-17(13-11-16)25(3,4)5/h10-15H,8-9H2,1-7H3,(H,26,30). The summed E-state index contributed by atoms with van der Waals surface area (Å²) >= 11 is 0. The minimum atomic E-state index is -0.606. The highest BCUT2D eigenvalue weighted by Gasteiger charge is 2.19. The van der Waals surface area contributed by atoms with Gasteiger partial charge in [0.25, 0.3) is 5.91 Å². The molecular weight excluding hydrogens is 404 g/mol. The highest BCUT2D eigenvalue weighted by Crippen LogP contribution is 2.31. The number of rotatable bonds is 5. The maximum atomic E-state index is 13.1. The van der Waals surface area contributed by atoms with Crippen LogP contribution in [0.3, 0.4) is 0 Å². The van der Waals surface area contributed by atoms with Crippen LogP contribution in [0.4, 0.5) is 11.4 Å². The van der Waals surface area contributed by atoms with Gasteiger partial charge in [-0.2, -0.15) is 0 Å². The Bertz CT molecular complexity index is 1270. The molecule has 7 nitrogen and oxygen atoms in total. The van der Waals surface area contributed by atoms with Crippen molar-refractivity contribution in [3.8, 4) is 0 Å². The summed E-state index contributed by atoms with van der Waals surface area (Å²) in [5.41, 5.74) is 3.13. The number of hydrogen-bond acceptors (Lipinski definition) is 4. The van der Waals surface area contributed by atoms with Crippen molar-refractivity contribution >= 4 is 28.3 Å². The van der Waals surface area contributed by atoms with Crippen LogP contribution in [-0.4, -0.2) is 28.1 Å². The van der Waals surface area contributed by atoms with E-state index in [1.165, 1.54) is 9.13 Å². The van der Waals surface area contributed by atoms with E-state index in [4.69, 9.17) is 0 Å². The number of anilines is 2. The van der Waals surface area contributed by atoms with Crippen LogP contribution >= 0.6 is 0 Å². The van der Waals surface area contributed by atoms with Crippen molar-refractivity contribution in [3.63, 3.8) is 0 Å². The number of hydrogen-bond donors (Lipinski definition) is 1. The molecule has 0 spiro atoms. The number of aromatic nitrogens is 2. The average Bonchev–Trinajstić information content (AvgIpc) is 2.77. The lowest BCUT2D eigenvalue weighted by atomic mass is 9.87. The summed E-state index contributed by atoms with van der Waals surface area (Å²) in [6.45, 7) is 11.9. The Morgan fingerprint density at radius 1 is 0.906 bits per heavy atom. The van der Waals surface area contributed by atoms with Crippen LogP contribution in [0.25, 0.3) is 11.0 Å². The number of carbonyl (C=O) groups is 1. The normalized spacial score (nSPS) is 11.6. The number of nitrogens with zero attached hydrogens (tertiary/aromatic N) is 3. The summed E-state index contributed by atoms with van der Waals surface area (Å²) in [6, 6.07) is 11.2. The van der Waals surface area contributed by atoms with Gasteiger partial charge in [-0.25, -0.2) is 0 Å². The highest BCUT2D eigenvalue weighted by molar-refractivity contribution is 6.07. The Labute approximate surface area is 188 Å². The van der Waals surface area contributed by atoms with Gasteiger partial charge in [0.1, 0.15) is 0 Å². The lowest BCUT2D eigenvalue weighted by molar-refractivity contribution is 0.102. The van der Waals surface area contributed by atoms with E-state index in [2.05, 4.69) is 31.0 Å². The highest BCUT2D eigenvalue weighted by atomic mass is 16.2. The third-order valence-electron chi connectivity index (χ3n) is 5.97. The Balaban J connectivity index is 2.13. The van der Waals surface area contributed by atoms with E-state index in [9.17, 15) is 14.4 Å². The summed E-state index contributed by atoms with van der Waals surface area (Å²) in [4.78, 5) is 39.8. The van der Waals surface area contributed by atoms with Crippen LogP contribution in [0.2, 0.25) is 0 Å². The van der Waals surface area contributed by atoms with E-state index in [1.807, 2.05) is 44.2 Å². The summed E-state index contributed by atoms with van der Waals surface area (Å²) < 4.78 is 2.69. The van der Waals surface area contributed by atoms with Crippen molar-refractivity contribution in [2.45, 2.75) is 40.0 Å². The molecular formula is C25H32N4O3. The summed E-state index contributed by atoms with van der Waals surface area (Å²) in [5, 5.41) is 3.02. The zero-order valence-corrected chi connectivity index (χ0v) is 19.9. The smallest absolute Gasteiger partial charge is 0.316 e. The van der Waals surface area contributed by atoms with Crippen molar-refractivity contribution in [1.82, 2.24) is 9.13 Å². The van der Waals surface area contributed by atoms with Gasteiger partial charge in [-0.1, -0.05) is 32.9 Å². The van der Waals surface area contributed by atoms with Crippen molar-refractivity contribution in [2.24, 2.45) is 14.1 Å². The van der Waals surface area contributed by atoms with E-state index in [0.717, 1.165) is 24.3 Å². The van der Waals surface area contributed by atoms with E-state index < -0.39 is 11.1 Å². The molecule has 7 heteroatoms. The minimum absolute atomic E-state index is 0.00397. The molecule has 0 saturated heterocycles. The second kappa shape index (κ2) is 8.65. The molecule has 3 aromatic rings. The monoisotopic (exact) mass is 436 g/mol. The van der Waals surface area contributed by atoms with E-state index >= 15 is 0 Å². The predicted octanol–water partition coefficient (Wildman–Crippen LogP) is 3.63. The van der Waals surface area contributed by atoms with Crippen LogP contribution in [0, 0.1) is 0 Å². The first kappa shape index (κ1) is 23.3. The van der Waals surface area contributed by atoms with Gasteiger partial charge in [0.15, 0.2) is 0 Å². The molecule has 1 heterocycles. The second-order valence-corrected chi connectivity index (χ2v) is 9.04. The van der Waals surface area contributed by atoms with E-state index in [-0.39, 0.29) is 11.3 Å². The molecule has 1 aromatic heterocycles. The van der Waals surface area contributed by atoms with E-state index in [1.54, 1.807) is 20.2 Å². The van der Waals surface area contributed by atoms with Gasteiger partial charge >= 0.3 is 11.1 Å². The number of benzene rings is 2. The Hall–Kier alpha value is -3.35. The molecule has 1 amide bonds. The van der Waals surface area contributed by atoms with Crippen molar-refractivity contribution in [3.05, 3.63) is 68.2 Å². The van der Waals surface area contributed by atoms with Gasteiger partial charge in [-0.3, -0.25) is 14.4 Å². The molecule has 0 aliphatic carbocycles. The molecule has 3 rings (SSSR count). The van der Waals surface area contributed by atoms with Crippen LogP contribution in [0.1, 0.15) is 50.5 Å². The van der Waals surface area contributed by atoms with Crippen LogP contribution in [0.15, 0.2) is 46.0 Å². The fourth-order valence-corrected chi connectivity index (χ4v) is 3.85. The number of amides is 1. The van der Waals surface area contributed by atoms with Gasteiger partial charge < -0.3 is 19.4 Å². The molecule has 2 aromatic carbocycles. The Morgan fingerprint density at radius 2 is 1.41 bits per heavy atom. The fraction of sp³-hybridized carbons (Fsp3) is 0.400. The molecule has 0 atom stereocenters. The number of aryl methyl sites for hydroxylation is 2. The predicted molar refractivity (Wildman–Crippen MR) is 131 cm³/mol. The first-order valence-electron chi connectivity index (χ1n) is 10.9. The van der Waals surface area contributed by atoms with Crippen molar-refractivity contribution in [2.75, 3.05) is 23.3 Å². The Morgan fingerprint density at radius 3 is 1.88 bits per heavy atom. The lowest BCUT2D eigenvalue weighted by Crippen LogP contribution is -2.39. The van der Waals surface area contributed by atoms with E-state index in [0.29, 0.717) is 22.3 Å². The van der Waals surface area contributed by atoms with Gasteiger partial charge in [-0.05, 0) is 49.1 Å². The largest absolute Gasteiger partial charge is 0.370 e. The third-order valence-corrected chi connectivity index (χ3v) is 5.97. The molecule has 1 N–H and O–H groups in total. The summed E-state index contributed by atoms with van der Waals surface area (Å²) in [7, 11) is 3.16. The SMILES string of the molecule is CCN(CC)c1cc2c(cc1NC(=O)c1ccc(C(C)(C)C)cc1)n(C)c(=O)c(=O)n2C. The lowest BCUT2D eigenvalue weighted by Gasteiger charge is -2.26. The van der Waals surface area contributed by atoms with Gasteiger partial charge in [0, 0.05) is 32.7 Å². The van der Waals surface area contributed by atoms with Crippen LogP contribution in [-0.2, 0) is 19.5 Å². The third kappa shape index (κ3) is 4.20. The second-order valence-electron chi connectivity index (χ2n) is 9.04. The van der Waals surface area contributed by atoms with Crippen molar-refractivity contribution in [1.29, 1.82) is 0 Å². The molecule has 32 heavy (non-hydrogen) atoms. The number of fused-ring (bicyclic) bond motifs is 1.